The van der Waals surface area contributed by atoms with Crippen molar-refractivity contribution in [1.29, 1.82) is 0 Å². The van der Waals surface area contributed by atoms with E-state index in [0.29, 0.717) is 19.6 Å². The number of para-hydroxylation sites is 2. The zero-order valence-electron chi connectivity index (χ0n) is 21.0. The van der Waals surface area contributed by atoms with Gasteiger partial charge in [-0.15, -0.1) is 0 Å². The molecule has 4 aromatic carbocycles. The Morgan fingerprint density at radius 1 is 0.842 bits per heavy atom. The molecule has 6 rings (SSSR count). The molecule has 1 unspecified atom stereocenters. The third kappa shape index (κ3) is 4.82. The number of hydrogen-bond donors (Lipinski definition) is 2. The Kier molecular flexibility index (Phi) is 6.70. The van der Waals surface area contributed by atoms with E-state index in [1.165, 1.54) is 5.56 Å². The molecule has 2 N–H and O–H groups in total. The van der Waals surface area contributed by atoms with Crippen molar-refractivity contribution in [2.75, 3.05) is 16.3 Å². The average molecular weight is 500 g/mol. The van der Waals surface area contributed by atoms with Gasteiger partial charge in [-0.1, -0.05) is 72.8 Å². The van der Waals surface area contributed by atoms with Crippen LogP contribution >= 0.6 is 0 Å². The summed E-state index contributed by atoms with van der Waals surface area (Å²) in [6.07, 6.45) is 3.58. The minimum Gasteiger partial charge on any atom is -0.352 e. The Morgan fingerprint density at radius 3 is 2.13 bits per heavy atom. The summed E-state index contributed by atoms with van der Waals surface area (Å²) in [5, 5.41) is 3.56. The van der Waals surface area contributed by atoms with E-state index in [1.54, 1.807) is 6.33 Å². The standard InChI is InChI=1S/C32H29N5O/c38-32(37(28-12-6-2-7-13-28)29-14-8-3-9-15-29)31-21-33-19-26-18-25(24-10-4-1-5-11-24)16-17-30(26)36(31)22-27-20-34-23-35-27/h1-18,20,23,31,33H,19,21-22H2,(H,34,35). The van der Waals surface area contributed by atoms with E-state index in [-0.39, 0.29) is 5.91 Å². The molecule has 0 saturated carbocycles. The minimum absolute atomic E-state index is 0.00502. The monoisotopic (exact) mass is 499 g/mol. The van der Waals surface area contributed by atoms with Crippen LogP contribution in [0.5, 0.6) is 0 Å². The number of benzene rings is 4. The van der Waals surface area contributed by atoms with Gasteiger partial charge in [-0.3, -0.25) is 9.69 Å². The van der Waals surface area contributed by atoms with Crippen molar-refractivity contribution in [3.63, 3.8) is 0 Å². The molecule has 1 atom stereocenters. The Bertz CT molecular complexity index is 1450. The van der Waals surface area contributed by atoms with Crippen LogP contribution in [0, 0.1) is 0 Å². The van der Waals surface area contributed by atoms with Crippen LogP contribution in [0.3, 0.4) is 0 Å². The van der Waals surface area contributed by atoms with Crippen molar-refractivity contribution >= 4 is 23.0 Å². The Labute approximate surface area is 222 Å². The number of fused-ring (bicyclic) bond motifs is 1. The van der Waals surface area contributed by atoms with E-state index >= 15 is 0 Å². The minimum atomic E-state index is -0.448. The highest BCUT2D eigenvalue weighted by molar-refractivity contribution is 6.05. The maximum atomic E-state index is 14.5. The number of imidazole rings is 1. The molecular weight excluding hydrogens is 470 g/mol. The lowest BCUT2D eigenvalue weighted by Crippen LogP contribution is -2.51. The number of carbonyl (C=O) groups is 1. The van der Waals surface area contributed by atoms with E-state index in [2.05, 4.69) is 62.6 Å². The third-order valence-electron chi connectivity index (χ3n) is 6.95. The second kappa shape index (κ2) is 10.7. The van der Waals surface area contributed by atoms with Gasteiger partial charge in [-0.2, -0.15) is 0 Å². The number of H-pyrrole nitrogens is 1. The Morgan fingerprint density at radius 2 is 1.50 bits per heavy atom. The van der Waals surface area contributed by atoms with Gasteiger partial charge >= 0.3 is 0 Å². The maximum absolute atomic E-state index is 14.5. The molecule has 1 aliphatic rings. The van der Waals surface area contributed by atoms with Gasteiger partial charge in [0, 0.05) is 36.3 Å². The lowest BCUT2D eigenvalue weighted by molar-refractivity contribution is -0.119. The lowest BCUT2D eigenvalue weighted by Gasteiger charge is -2.35. The molecule has 0 radical (unpaired) electrons. The summed E-state index contributed by atoms with van der Waals surface area (Å²) in [5.41, 5.74) is 7.09. The molecule has 6 heteroatoms. The van der Waals surface area contributed by atoms with Crippen LogP contribution < -0.4 is 15.1 Å². The van der Waals surface area contributed by atoms with E-state index in [9.17, 15) is 4.79 Å². The fourth-order valence-electron chi connectivity index (χ4n) is 5.11. The van der Waals surface area contributed by atoms with E-state index in [0.717, 1.165) is 33.9 Å². The first-order valence-corrected chi connectivity index (χ1v) is 12.9. The molecule has 5 aromatic rings. The van der Waals surface area contributed by atoms with Gasteiger partial charge in [0.1, 0.15) is 6.04 Å². The fraction of sp³-hybridized carbons (Fsp3) is 0.125. The number of aromatic nitrogens is 2. The topological polar surface area (TPSA) is 64.3 Å². The summed E-state index contributed by atoms with van der Waals surface area (Å²) < 4.78 is 0. The molecule has 188 valence electrons. The number of nitrogens with one attached hydrogen (secondary N) is 2. The van der Waals surface area contributed by atoms with Crippen molar-refractivity contribution in [2.45, 2.75) is 19.1 Å². The second-order valence-corrected chi connectivity index (χ2v) is 9.39. The van der Waals surface area contributed by atoms with Gasteiger partial charge in [-0.05, 0) is 53.1 Å². The van der Waals surface area contributed by atoms with Gasteiger partial charge in [0.05, 0.1) is 18.6 Å². The van der Waals surface area contributed by atoms with E-state index in [1.807, 2.05) is 77.8 Å². The lowest BCUT2D eigenvalue weighted by atomic mass is 10.0. The first-order valence-electron chi connectivity index (χ1n) is 12.9. The number of nitrogens with zero attached hydrogens (tertiary/aromatic N) is 3. The summed E-state index contributed by atoms with van der Waals surface area (Å²) in [7, 11) is 0. The van der Waals surface area contributed by atoms with Gasteiger partial charge in [0.15, 0.2) is 0 Å². The van der Waals surface area contributed by atoms with Crippen LogP contribution in [-0.2, 0) is 17.9 Å². The summed E-state index contributed by atoms with van der Waals surface area (Å²) in [6, 6.07) is 36.2. The summed E-state index contributed by atoms with van der Waals surface area (Å²) >= 11 is 0. The molecule has 0 saturated heterocycles. The Balaban J connectivity index is 1.43. The number of rotatable bonds is 6. The van der Waals surface area contributed by atoms with Gasteiger partial charge in [-0.25, -0.2) is 4.98 Å². The molecular formula is C32H29N5O. The van der Waals surface area contributed by atoms with Crippen LogP contribution in [0.4, 0.5) is 17.1 Å². The summed E-state index contributed by atoms with van der Waals surface area (Å²) in [4.78, 5) is 26.1. The predicted octanol–water partition coefficient (Wildman–Crippen LogP) is 5.92. The predicted molar refractivity (Wildman–Crippen MR) is 152 cm³/mol. The van der Waals surface area contributed by atoms with Gasteiger partial charge < -0.3 is 15.2 Å². The highest BCUT2D eigenvalue weighted by Gasteiger charge is 2.34. The molecule has 0 aliphatic carbocycles. The molecule has 0 spiro atoms. The number of anilines is 3. The SMILES string of the molecule is O=C(C1CNCc2cc(-c3ccccc3)ccc2N1Cc1c[nH]cn1)N(c1ccccc1)c1ccccc1. The van der Waals surface area contributed by atoms with Crippen LogP contribution in [0.25, 0.3) is 11.1 Å². The first-order chi connectivity index (χ1) is 18.8. The van der Waals surface area contributed by atoms with Crippen molar-refractivity contribution in [3.8, 4) is 11.1 Å². The van der Waals surface area contributed by atoms with Crippen LogP contribution in [0.15, 0.2) is 122 Å². The van der Waals surface area contributed by atoms with E-state index in [4.69, 9.17) is 0 Å². The number of hydrogen-bond acceptors (Lipinski definition) is 4. The second-order valence-electron chi connectivity index (χ2n) is 9.39. The number of carbonyl (C=O) groups excluding carboxylic acids is 1. The molecule has 0 fully saturated rings. The number of aromatic amines is 1. The fourth-order valence-corrected chi connectivity index (χ4v) is 5.11. The largest absolute Gasteiger partial charge is 0.352 e. The van der Waals surface area contributed by atoms with E-state index < -0.39 is 6.04 Å². The first kappa shape index (κ1) is 23.7. The molecule has 38 heavy (non-hydrogen) atoms. The maximum Gasteiger partial charge on any atom is 0.255 e. The molecule has 1 aliphatic heterocycles. The van der Waals surface area contributed by atoms with Crippen LogP contribution in [0.1, 0.15) is 11.3 Å². The van der Waals surface area contributed by atoms with Gasteiger partial charge in [0.2, 0.25) is 0 Å². The zero-order chi connectivity index (χ0) is 25.7. The molecule has 2 heterocycles. The molecule has 1 aromatic heterocycles. The van der Waals surface area contributed by atoms with Crippen LogP contribution in [0.2, 0.25) is 0 Å². The third-order valence-corrected chi connectivity index (χ3v) is 6.95. The van der Waals surface area contributed by atoms with Crippen molar-refractivity contribution < 1.29 is 4.79 Å². The highest BCUT2D eigenvalue weighted by atomic mass is 16.2. The van der Waals surface area contributed by atoms with Crippen molar-refractivity contribution in [1.82, 2.24) is 15.3 Å². The normalized spacial score (nSPS) is 14.9. The average Bonchev–Trinajstić information content (AvgIpc) is 3.43. The number of amides is 1. The summed E-state index contributed by atoms with van der Waals surface area (Å²) in [5.74, 6) is 0.00502. The van der Waals surface area contributed by atoms with Crippen LogP contribution in [-0.4, -0.2) is 28.5 Å². The van der Waals surface area contributed by atoms with Crippen molar-refractivity contribution in [3.05, 3.63) is 133 Å². The van der Waals surface area contributed by atoms with Gasteiger partial charge in [0.25, 0.3) is 5.91 Å². The molecule has 1 amide bonds. The molecule has 6 nitrogen and oxygen atoms in total. The zero-order valence-corrected chi connectivity index (χ0v) is 21.0. The highest BCUT2D eigenvalue weighted by Crippen LogP contribution is 2.34. The van der Waals surface area contributed by atoms with Crippen molar-refractivity contribution in [2.24, 2.45) is 0 Å². The Hall–Kier alpha value is -4.68. The summed E-state index contributed by atoms with van der Waals surface area (Å²) in [6.45, 7) is 1.69. The quantitative estimate of drug-likeness (QED) is 0.304. The molecule has 0 bridgehead atoms. The smallest absolute Gasteiger partial charge is 0.255 e.